The van der Waals surface area contributed by atoms with Crippen LogP contribution < -0.4 is 10.2 Å². The molecule has 1 aromatic carbocycles. The van der Waals surface area contributed by atoms with Gasteiger partial charge in [-0.1, -0.05) is 11.6 Å². The molecule has 150 valence electrons. The molecule has 0 unspecified atom stereocenters. The lowest BCUT2D eigenvalue weighted by atomic mass is 10.1. The van der Waals surface area contributed by atoms with Crippen LogP contribution in [0.3, 0.4) is 0 Å². The first-order valence-corrected chi connectivity index (χ1v) is 10.0. The third-order valence-corrected chi connectivity index (χ3v) is 5.50. The summed E-state index contributed by atoms with van der Waals surface area (Å²) in [6.07, 6.45) is 1.82. The van der Waals surface area contributed by atoms with Gasteiger partial charge in [0.15, 0.2) is 0 Å². The Bertz CT molecular complexity index is 1040. The predicted molar refractivity (Wildman–Crippen MR) is 116 cm³/mol. The highest BCUT2D eigenvalue weighted by molar-refractivity contribution is 5.98. The van der Waals surface area contributed by atoms with Gasteiger partial charge in [0.1, 0.15) is 5.82 Å². The van der Waals surface area contributed by atoms with E-state index >= 15 is 0 Å². The smallest absolute Gasteiger partial charge is 0.253 e. The fourth-order valence-corrected chi connectivity index (χ4v) is 3.68. The standard InChI is InChI=1S/C23H27N5O/c1-16-4-5-21-19(12-16)14-20(17(2)26-21)23(29)25-15-18-6-7-24-22(13-18)28-10-8-27(3)9-11-28/h4-7,12-14H,8-11,15H2,1-3H3,(H,25,29). The third kappa shape index (κ3) is 4.38. The minimum absolute atomic E-state index is 0.101. The lowest BCUT2D eigenvalue weighted by Gasteiger charge is -2.33. The van der Waals surface area contributed by atoms with E-state index in [2.05, 4.69) is 44.3 Å². The second-order valence-electron chi connectivity index (χ2n) is 7.81. The SMILES string of the molecule is Cc1ccc2nc(C)c(C(=O)NCc3ccnc(N4CCN(C)CC4)c3)cc2c1. The van der Waals surface area contributed by atoms with Crippen molar-refractivity contribution < 1.29 is 4.79 Å². The van der Waals surface area contributed by atoms with Crippen molar-refractivity contribution in [3.05, 3.63) is 65.0 Å². The van der Waals surface area contributed by atoms with Crippen molar-refractivity contribution in [3.8, 4) is 0 Å². The Morgan fingerprint density at radius 3 is 2.66 bits per heavy atom. The summed E-state index contributed by atoms with van der Waals surface area (Å²) in [4.78, 5) is 26.5. The lowest BCUT2D eigenvalue weighted by molar-refractivity contribution is 0.0950. The summed E-state index contributed by atoms with van der Waals surface area (Å²) in [7, 11) is 2.14. The van der Waals surface area contributed by atoms with Gasteiger partial charge >= 0.3 is 0 Å². The van der Waals surface area contributed by atoms with Gasteiger partial charge < -0.3 is 15.1 Å². The number of carbonyl (C=O) groups is 1. The zero-order valence-corrected chi connectivity index (χ0v) is 17.3. The molecule has 2 aromatic heterocycles. The molecule has 0 atom stereocenters. The molecule has 6 heteroatoms. The zero-order valence-electron chi connectivity index (χ0n) is 17.3. The molecule has 1 aliphatic heterocycles. The first-order chi connectivity index (χ1) is 14.0. The van der Waals surface area contributed by atoms with E-state index in [4.69, 9.17) is 0 Å². The van der Waals surface area contributed by atoms with Crippen LogP contribution in [0.2, 0.25) is 0 Å². The molecule has 1 fully saturated rings. The average Bonchev–Trinajstić information content (AvgIpc) is 2.72. The Hall–Kier alpha value is -2.99. The number of rotatable bonds is 4. The normalized spacial score (nSPS) is 14.9. The molecule has 0 radical (unpaired) electrons. The summed E-state index contributed by atoms with van der Waals surface area (Å²) >= 11 is 0. The van der Waals surface area contributed by atoms with Crippen molar-refractivity contribution >= 4 is 22.6 Å². The summed E-state index contributed by atoms with van der Waals surface area (Å²) in [6.45, 7) is 8.41. The van der Waals surface area contributed by atoms with Gasteiger partial charge in [0.05, 0.1) is 16.8 Å². The Morgan fingerprint density at radius 1 is 1.07 bits per heavy atom. The van der Waals surface area contributed by atoms with E-state index in [1.165, 1.54) is 0 Å². The molecule has 4 rings (SSSR count). The predicted octanol–water partition coefficient (Wildman–Crippen LogP) is 2.93. The van der Waals surface area contributed by atoms with E-state index in [1.807, 2.05) is 44.3 Å². The number of piperazine rings is 1. The summed E-state index contributed by atoms with van der Waals surface area (Å²) in [5.74, 6) is 0.875. The molecule has 3 aromatic rings. The Kier molecular flexibility index (Phi) is 5.45. The Morgan fingerprint density at radius 2 is 1.86 bits per heavy atom. The van der Waals surface area contributed by atoms with Crippen LogP contribution in [0.15, 0.2) is 42.6 Å². The number of benzene rings is 1. The second-order valence-corrected chi connectivity index (χ2v) is 7.81. The number of pyridine rings is 2. The van der Waals surface area contributed by atoms with E-state index in [-0.39, 0.29) is 5.91 Å². The Labute approximate surface area is 171 Å². The molecule has 0 bridgehead atoms. The number of fused-ring (bicyclic) bond motifs is 1. The van der Waals surface area contributed by atoms with Gasteiger partial charge in [-0.3, -0.25) is 9.78 Å². The van der Waals surface area contributed by atoms with Crippen molar-refractivity contribution in [2.75, 3.05) is 38.1 Å². The topological polar surface area (TPSA) is 61.4 Å². The first kappa shape index (κ1) is 19.3. The highest BCUT2D eigenvalue weighted by atomic mass is 16.1. The number of amides is 1. The van der Waals surface area contributed by atoms with E-state index in [0.717, 1.165) is 59.7 Å². The van der Waals surface area contributed by atoms with Crippen molar-refractivity contribution in [1.82, 2.24) is 20.2 Å². The monoisotopic (exact) mass is 389 g/mol. The highest BCUT2D eigenvalue weighted by Crippen LogP contribution is 2.19. The van der Waals surface area contributed by atoms with Crippen LogP contribution in [0.5, 0.6) is 0 Å². The zero-order chi connectivity index (χ0) is 20.4. The van der Waals surface area contributed by atoms with Crippen LogP contribution in [0.25, 0.3) is 10.9 Å². The number of anilines is 1. The van der Waals surface area contributed by atoms with Crippen LogP contribution >= 0.6 is 0 Å². The maximum Gasteiger partial charge on any atom is 0.253 e. The van der Waals surface area contributed by atoms with E-state index in [1.54, 1.807) is 0 Å². The van der Waals surface area contributed by atoms with Crippen LogP contribution in [-0.2, 0) is 6.54 Å². The molecule has 29 heavy (non-hydrogen) atoms. The molecule has 1 aliphatic rings. The fraction of sp³-hybridized carbons (Fsp3) is 0.348. The summed E-state index contributed by atoms with van der Waals surface area (Å²) in [5, 5.41) is 4.03. The van der Waals surface area contributed by atoms with Crippen LogP contribution in [-0.4, -0.2) is 54.0 Å². The molecule has 0 spiro atoms. The minimum atomic E-state index is -0.101. The van der Waals surface area contributed by atoms with E-state index in [0.29, 0.717) is 12.1 Å². The maximum atomic E-state index is 12.8. The first-order valence-electron chi connectivity index (χ1n) is 10.0. The Balaban J connectivity index is 1.46. The van der Waals surface area contributed by atoms with Crippen molar-refractivity contribution in [1.29, 1.82) is 0 Å². The third-order valence-electron chi connectivity index (χ3n) is 5.50. The molecular weight excluding hydrogens is 362 g/mol. The number of carbonyl (C=O) groups excluding carboxylic acids is 1. The van der Waals surface area contributed by atoms with Gasteiger partial charge in [-0.2, -0.15) is 0 Å². The van der Waals surface area contributed by atoms with Gasteiger partial charge in [0, 0.05) is 44.3 Å². The molecule has 0 saturated carbocycles. The van der Waals surface area contributed by atoms with Crippen LogP contribution in [0.4, 0.5) is 5.82 Å². The molecule has 3 heterocycles. The molecule has 1 saturated heterocycles. The number of likely N-dealkylation sites (N-methyl/N-ethyl adjacent to an activating group) is 1. The molecule has 0 aliphatic carbocycles. The molecule has 1 amide bonds. The van der Waals surface area contributed by atoms with Gasteiger partial charge in [-0.15, -0.1) is 0 Å². The molecule has 1 N–H and O–H groups in total. The quantitative estimate of drug-likeness (QED) is 0.743. The van der Waals surface area contributed by atoms with Crippen LogP contribution in [0.1, 0.15) is 27.2 Å². The minimum Gasteiger partial charge on any atom is -0.354 e. The number of hydrogen-bond acceptors (Lipinski definition) is 5. The van der Waals surface area contributed by atoms with Crippen molar-refractivity contribution in [2.24, 2.45) is 0 Å². The highest BCUT2D eigenvalue weighted by Gasteiger charge is 2.16. The number of aromatic nitrogens is 2. The summed E-state index contributed by atoms with van der Waals surface area (Å²) in [5.41, 5.74) is 4.48. The molecular formula is C23H27N5O. The van der Waals surface area contributed by atoms with Gasteiger partial charge in [0.25, 0.3) is 5.91 Å². The van der Waals surface area contributed by atoms with Crippen LogP contribution in [0, 0.1) is 13.8 Å². The van der Waals surface area contributed by atoms with Crippen molar-refractivity contribution in [3.63, 3.8) is 0 Å². The van der Waals surface area contributed by atoms with E-state index in [9.17, 15) is 4.79 Å². The summed E-state index contributed by atoms with van der Waals surface area (Å²) in [6, 6.07) is 12.0. The maximum absolute atomic E-state index is 12.8. The average molecular weight is 390 g/mol. The lowest BCUT2D eigenvalue weighted by Crippen LogP contribution is -2.44. The van der Waals surface area contributed by atoms with Gasteiger partial charge in [-0.25, -0.2) is 4.98 Å². The van der Waals surface area contributed by atoms with E-state index < -0.39 is 0 Å². The number of aryl methyl sites for hydroxylation is 2. The number of nitrogens with zero attached hydrogens (tertiary/aromatic N) is 4. The van der Waals surface area contributed by atoms with Gasteiger partial charge in [0.2, 0.25) is 0 Å². The second kappa shape index (κ2) is 8.17. The van der Waals surface area contributed by atoms with Crippen molar-refractivity contribution in [2.45, 2.75) is 20.4 Å². The molecule has 6 nitrogen and oxygen atoms in total. The largest absolute Gasteiger partial charge is 0.354 e. The number of nitrogens with one attached hydrogen (secondary N) is 1. The van der Waals surface area contributed by atoms with Gasteiger partial charge in [-0.05, 0) is 56.8 Å². The summed E-state index contributed by atoms with van der Waals surface area (Å²) < 4.78 is 0. The number of hydrogen-bond donors (Lipinski definition) is 1. The fourth-order valence-electron chi connectivity index (χ4n) is 3.68.